The van der Waals surface area contributed by atoms with Crippen LogP contribution in [0, 0.1) is 0 Å². The Balaban J connectivity index is 1.55. The minimum atomic E-state index is -0.783. The number of carbonyl (C=O) groups excluding carboxylic acids is 2. The Morgan fingerprint density at radius 3 is 2.55 bits per heavy atom. The summed E-state index contributed by atoms with van der Waals surface area (Å²) in [4.78, 5) is 28.6. The molecule has 2 heterocycles. The van der Waals surface area contributed by atoms with Crippen molar-refractivity contribution in [3.05, 3.63) is 65.4 Å². The first kappa shape index (κ1) is 20.9. The highest BCUT2D eigenvalue weighted by Gasteiger charge is 2.35. The van der Waals surface area contributed by atoms with Gasteiger partial charge < -0.3 is 14.2 Å². The SMILES string of the molecule is COc1cc([C@H]2OC(c3cc(C4CC4)nc4ccccc34)=NN2C(C)=O)ccc1OC(C)=O. The summed E-state index contributed by atoms with van der Waals surface area (Å²) >= 11 is 0. The van der Waals surface area contributed by atoms with Gasteiger partial charge in [0.25, 0.3) is 0 Å². The third-order valence-electron chi connectivity index (χ3n) is 5.66. The number of methoxy groups -OCH3 is 1. The van der Waals surface area contributed by atoms with E-state index in [4.69, 9.17) is 19.2 Å². The molecule has 8 nitrogen and oxygen atoms in total. The highest BCUT2D eigenvalue weighted by atomic mass is 16.6. The molecule has 1 aromatic heterocycles. The lowest BCUT2D eigenvalue weighted by Gasteiger charge is -2.20. The number of pyridine rings is 1. The van der Waals surface area contributed by atoms with E-state index in [0.717, 1.165) is 35.0 Å². The monoisotopic (exact) mass is 445 g/mol. The van der Waals surface area contributed by atoms with Gasteiger partial charge in [0.05, 0.1) is 12.6 Å². The Morgan fingerprint density at radius 1 is 1.06 bits per heavy atom. The molecule has 3 aromatic rings. The van der Waals surface area contributed by atoms with Gasteiger partial charge in [-0.1, -0.05) is 18.2 Å². The average Bonchev–Trinajstić information content (AvgIpc) is 3.56. The maximum absolute atomic E-state index is 12.4. The molecule has 1 amide bonds. The largest absolute Gasteiger partial charge is 0.493 e. The van der Waals surface area contributed by atoms with Gasteiger partial charge in [-0.3, -0.25) is 14.6 Å². The fraction of sp³-hybridized carbons (Fsp3) is 0.280. The van der Waals surface area contributed by atoms with E-state index in [1.807, 2.05) is 30.3 Å². The highest BCUT2D eigenvalue weighted by Crippen LogP contribution is 2.41. The molecule has 1 fully saturated rings. The molecule has 0 radical (unpaired) electrons. The fourth-order valence-corrected chi connectivity index (χ4v) is 3.93. The lowest BCUT2D eigenvalue weighted by molar-refractivity contribution is -0.135. The van der Waals surface area contributed by atoms with Crippen molar-refractivity contribution in [1.82, 2.24) is 9.99 Å². The summed E-state index contributed by atoms with van der Waals surface area (Å²) < 4.78 is 16.8. The molecule has 1 atom stereocenters. The lowest BCUT2D eigenvalue weighted by atomic mass is 10.1. The molecule has 0 saturated heterocycles. The summed E-state index contributed by atoms with van der Waals surface area (Å²) in [6.07, 6.45) is 1.46. The zero-order valence-electron chi connectivity index (χ0n) is 18.6. The Morgan fingerprint density at radius 2 is 1.85 bits per heavy atom. The number of hydrogen-bond donors (Lipinski definition) is 0. The summed E-state index contributed by atoms with van der Waals surface area (Å²) in [5.41, 5.74) is 3.32. The van der Waals surface area contributed by atoms with Crippen molar-refractivity contribution in [2.75, 3.05) is 7.11 Å². The van der Waals surface area contributed by atoms with Gasteiger partial charge in [0, 0.05) is 42.0 Å². The summed E-state index contributed by atoms with van der Waals surface area (Å²) in [7, 11) is 1.48. The second-order valence-electron chi connectivity index (χ2n) is 8.13. The molecule has 0 spiro atoms. The summed E-state index contributed by atoms with van der Waals surface area (Å²) in [6.45, 7) is 2.76. The normalized spacial score (nSPS) is 17.5. The van der Waals surface area contributed by atoms with E-state index in [9.17, 15) is 9.59 Å². The van der Waals surface area contributed by atoms with Gasteiger partial charge in [-0.2, -0.15) is 5.01 Å². The molecule has 8 heteroatoms. The van der Waals surface area contributed by atoms with E-state index in [2.05, 4.69) is 5.10 Å². The first-order valence-corrected chi connectivity index (χ1v) is 10.8. The van der Waals surface area contributed by atoms with Crippen LogP contribution in [-0.2, 0) is 14.3 Å². The van der Waals surface area contributed by atoms with Crippen molar-refractivity contribution in [3.8, 4) is 11.5 Å². The van der Waals surface area contributed by atoms with Crippen LogP contribution in [-0.4, -0.2) is 34.9 Å². The van der Waals surface area contributed by atoms with Crippen LogP contribution in [0.4, 0.5) is 0 Å². The van der Waals surface area contributed by atoms with Crippen LogP contribution in [0.15, 0.2) is 53.6 Å². The first-order chi connectivity index (χ1) is 15.9. The molecule has 1 aliphatic carbocycles. The predicted octanol–water partition coefficient (Wildman–Crippen LogP) is 4.29. The number of hydrazone groups is 1. The molecule has 0 bridgehead atoms. The van der Waals surface area contributed by atoms with Crippen molar-refractivity contribution in [2.24, 2.45) is 5.10 Å². The van der Waals surface area contributed by atoms with Gasteiger partial charge in [-0.05, 0) is 43.2 Å². The van der Waals surface area contributed by atoms with Crippen LogP contribution in [0.1, 0.15) is 55.7 Å². The zero-order valence-corrected chi connectivity index (χ0v) is 18.6. The smallest absolute Gasteiger partial charge is 0.308 e. The standard InChI is InChI=1S/C25H23N3O5/c1-14(29)28-25(17-10-11-22(32-15(2)30)23(12-17)31-3)33-24(27-28)19-13-21(16-8-9-16)26-20-7-5-4-6-18(19)20/h4-7,10-13,16,25H,8-9H2,1-3H3/t25-/m1/s1. The third kappa shape index (κ3) is 4.00. The molecule has 2 aliphatic rings. The van der Waals surface area contributed by atoms with Crippen molar-refractivity contribution >= 4 is 28.7 Å². The van der Waals surface area contributed by atoms with Gasteiger partial charge in [0.15, 0.2) is 11.5 Å². The molecule has 2 aromatic carbocycles. The maximum atomic E-state index is 12.4. The average molecular weight is 445 g/mol. The fourth-order valence-electron chi connectivity index (χ4n) is 3.93. The number of fused-ring (bicyclic) bond motifs is 1. The van der Waals surface area contributed by atoms with Crippen molar-refractivity contribution < 1.29 is 23.8 Å². The molecule has 0 unspecified atom stereocenters. The van der Waals surface area contributed by atoms with E-state index in [-0.39, 0.29) is 11.7 Å². The van der Waals surface area contributed by atoms with Crippen LogP contribution in [0.25, 0.3) is 10.9 Å². The number of aromatic nitrogens is 1. The van der Waals surface area contributed by atoms with Crippen LogP contribution >= 0.6 is 0 Å². The number of ether oxygens (including phenoxy) is 3. The molecule has 1 saturated carbocycles. The second kappa shape index (κ2) is 8.20. The van der Waals surface area contributed by atoms with Crippen molar-refractivity contribution in [3.63, 3.8) is 0 Å². The predicted molar refractivity (Wildman–Crippen MR) is 121 cm³/mol. The van der Waals surface area contributed by atoms with Gasteiger partial charge in [-0.25, -0.2) is 0 Å². The molecule has 0 N–H and O–H groups in total. The van der Waals surface area contributed by atoms with Crippen molar-refractivity contribution in [1.29, 1.82) is 0 Å². The molecular formula is C25H23N3O5. The maximum Gasteiger partial charge on any atom is 0.308 e. The van der Waals surface area contributed by atoms with E-state index in [0.29, 0.717) is 23.1 Å². The quantitative estimate of drug-likeness (QED) is 0.430. The first-order valence-electron chi connectivity index (χ1n) is 10.8. The number of carbonyl (C=O) groups is 2. The van der Waals surface area contributed by atoms with Gasteiger partial charge >= 0.3 is 5.97 Å². The topological polar surface area (TPSA) is 90.3 Å². The van der Waals surface area contributed by atoms with Crippen LogP contribution in [0.5, 0.6) is 11.5 Å². The molecule has 1 aliphatic heterocycles. The number of amides is 1. The molecule has 5 rings (SSSR count). The minimum absolute atomic E-state index is 0.265. The van der Waals surface area contributed by atoms with Crippen LogP contribution < -0.4 is 9.47 Å². The van der Waals surface area contributed by atoms with E-state index >= 15 is 0 Å². The number of benzene rings is 2. The van der Waals surface area contributed by atoms with Crippen LogP contribution in [0.2, 0.25) is 0 Å². The number of esters is 1. The summed E-state index contributed by atoms with van der Waals surface area (Å²) in [6, 6.07) is 14.9. The highest BCUT2D eigenvalue weighted by molar-refractivity contribution is 6.07. The summed E-state index contributed by atoms with van der Waals surface area (Å²) in [5, 5.41) is 6.75. The molecule has 33 heavy (non-hydrogen) atoms. The van der Waals surface area contributed by atoms with E-state index in [1.54, 1.807) is 18.2 Å². The lowest BCUT2D eigenvalue weighted by Crippen LogP contribution is -2.25. The van der Waals surface area contributed by atoms with E-state index in [1.165, 1.54) is 26.0 Å². The molecule has 168 valence electrons. The third-order valence-corrected chi connectivity index (χ3v) is 5.66. The number of para-hydroxylation sites is 1. The Labute approximate surface area is 190 Å². The Bertz CT molecular complexity index is 1300. The minimum Gasteiger partial charge on any atom is -0.493 e. The van der Waals surface area contributed by atoms with E-state index < -0.39 is 12.2 Å². The second-order valence-corrected chi connectivity index (χ2v) is 8.13. The zero-order chi connectivity index (χ0) is 23.1. The Kier molecular flexibility index (Phi) is 5.20. The van der Waals surface area contributed by atoms with Gasteiger partial charge in [-0.15, -0.1) is 5.10 Å². The summed E-state index contributed by atoms with van der Waals surface area (Å²) in [5.74, 6) is 0.737. The van der Waals surface area contributed by atoms with Crippen LogP contribution in [0.3, 0.4) is 0 Å². The van der Waals surface area contributed by atoms with Gasteiger partial charge in [0.2, 0.25) is 18.0 Å². The number of nitrogens with zero attached hydrogens (tertiary/aromatic N) is 3. The van der Waals surface area contributed by atoms with Gasteiger partial charge in [0.1, 0.15) is 0 Å². The molecular weight excluding hydrogens is 422 g/mol. The number of rotatable bonds is 5. The Hall–Kier alpha value is -3.94. The number of hydrogen-bond acceptors (Lipinski definition) is 7. The van der Waals surface area contributed by atoms with Crippen molar-refractivity contribution in [2.45, 2.75) is 38.8 Å².